The van der Waals surface area contributed by atoms with Crippen LogP contribution in [0.25, 0.3) is 10.9 Å². The number of hydrogen-bond acceptors (Lipinski definition) is 5. The van der Waals surface area contributed by atoms with Gasteiger partial charge in [0.1, 0.15) is 5.75 Å². The van der Waals surface area contributed by atoms with Gasteiger partial charge in [-0.2, -0.15) is 0 Å². The van der Waals surface area contributed by atoms with E-state index >= 15 is 0 Å². The van der Waals surface area contributed by atoms with Crippen LogP contribution in [-0.4, -0.2) is 35.2 Å². The molecule has 2 aromatic carbocycles. The van der Waals surface area contributed by atoms with Gasteiger partial charge in [0.2, 0.25) is 0 Å². The second-order valence-electron chi connectivity index (χ2n) is 7.97. The Morgan fingerprint density at radius 1 is 1.13 bits per heavy atom. The molecular weight excluding hydrogens is 394 g/mol. The summed E-state index contributed by atoms with van der Waals surface area (Å²) in [6, 6.07) is 17.1. The molecule has 1 aliphatic carbocycles. The minimum absolute atomic E-state index is 0.204. The Balaban J connectivity index is 1.31. The van der Waals surface area contributed by atoms with Gasteiger partial charge in [0.25, 0.3) is 11.8 Å². The van der Waals surface area contributed by atoms with Crippen molar-refractivity contribution in [2.45, 2.75) is 26.2 Å². The van der Waals surface area contributed by atoms with Gasteiger partial charge in [-0.3, -0.25) is 19.8 Å². The lowest BCUT2D eigenvalue weighted by molar-refractivity contribution is -0.134. The van der Waals surface area contributed by atoms with E-state index in [0.717, 1.165) is 23.0 Å². The van der Waals surface area contributed by atoms with Crippen molar-refractivity contribution in [1.82, 2.24) is 15.8 Å². The summed E-state index contributed by atoms with van der Waals surface area (Å²) in [5.41, 5.74) is 4.64. The lowest BCUT2D eigenvalue weighted by Gasteiger charge is -2.14. The number of benzene rings is 2. The number of para-hydroxylation sites is 1. The molecule has 1 aliphatic rings. The molecule has 1 saturated carbocycles. The second kappa shape index (κ2) is 8.73. The van der Waals surface area contributed by atoms with Gasteiger partial charge < -0.3 is 10.1 Å². The highest BCUT2D eigenvalue weighted by Gasteiger charge is 2.49. The number of rotatable bonds is 8. The van der Waals surface area contributed by atoms with Crippen LogP contribution in [0, 0.1) is 12.3 Å². The molecule has 1 fully saturated rings. The monoisotopic (exact) mass is 419 g/mol. The average Bonchev–Trinajstić information content (AvgIpc) is 3.58. The van der Waals surface area contributed by atoms with Crippen LogP contribution in [-0.2, 0) is 11.2 Å². The summed E-state index contributed by atoms with van der Waals surface area (Å²) in [7, 11) is 0. The van der Waals surface area contributed by atoms with Crippen LogP contribution in [0.2, 0.25) is 0 Å². The lowest BCUT2D eigenvalue weighted by atomic mass is 10.1. The van der Waals surface area contributed by atoms with Crippen LogP contribution >= 0.6 is 0 Å². The van der Waals surface area contributed by atoms with Crippen molar-refractivity contribution >= 4 is 22.7 Å². The zero-order valence-corrected chi connectivity index (χ0v) is 17.4. The standard InChI is InChI=1S/C24H25N3O4/c1-16-14-18(20-4-2-3-5-21(20)26-16)10-13-31-19-8-6-17(7-9-19)22(28)25-15-24(11-12-24)23(29)27-30/h2-9,14,30H,10-13,15H2,1H3,(H,25,28)(H,27,29). The Hall–Kier alpha value is -3.45. The third-order valence-electron chi connectivity index (χ3n) is 5.71. The average molecular weight is 419 g/mol. The van der Waals surface area contributed by atoms with Gasteiger partial charge in [0.15, 0.2) is 0 Å². The van der Waals surface area contributed by atoms with Crippen molar-refractivity contribution in [3.63, 3.8) is 0 Å². The number of pyridine rings is 1. The normalized spacial score (nSPS) is 14.1. The SMILES string of the molecule is Cc1cc(CCOc2ccc(C(=O)NCC3(C(=O)NO)CC3)cc2)c2ccccc2n1. The van der Waals surface area contributed by atoms with E-state index in [1.54, 1.807) is 29.7 Å². The zero-order chi connectivity index (χ0) is 21.8. The number of nitrogens with zero attached hydrogens (tertiary/aromatic N) is 1. The molecule has 0 atom stereocenters. The Morgan fingerprint density at radius 2 is 1.87 bits per heavy atom. The maximum atomic E-state index is 12.3. The molecule has 4 rings (SSSR count). The predicted octanol–water partition coefficient (Wildman–Crippen LogP) is 3.18. The van der Waals surface area contributed by atoms with Crippen molar-refractivity contribution < 1.29 is 19.5 Å². The Kier molecular flexibility index (Phi) is 5.86. The maximum absolute atomic E-state index is 12.3. The molecule has 1 aromatic heterocycles. The van der Waals surface area contributed by atoms with E-state index in [1.807, 2.05) is 25.1 Å². The smallest absolute Gasteiger partial charge is 0.251 e. The molecule has 0 spiro atoms. The molecule has 0 aliphatic heterocycles. The number of aryl methyl sites for hydroxylation is 1. The lowest BCUT2D eigenvalue weighted by Crippen LogP contribution is -2.39. The van der Waals surface area contributed by atoms with Crippen LogP contribution in [0.1, 0.15) is 34.5 Å². The number of amides is 2. The molecule has 0 bridgehead atoms. The number of nitrogens with one attached hydrogen (secondary N) is 2. The molecular formula is C24H25N3O4. The van der Waals surface area contributed by atoms with Gasteiger partial charge in [-0.1, -0.05) is 18.2 Å². The maximum Gasteiger partial charge on any atom is 0.251 e. The first kappa shape index (κ1) is 20.8. The first-order chi connectivity index (χ1) is 15.0. The molecule has 3 N–H and O–H groups in total. The van der Waals surface area contributed by atoms with Crippen LogP contribution < -0.4 is 15.5 Å². The van der Waals surface area contributed by atoms with Crippen LogP contribution in [0.4, 0.5) is 0 Å². The Bertz CT molecular complexity index is 1110. The van der Waals surface area contributed by atoms with Gasteiger partial charge in [0, 0.05) is 29.6 Å². The molecule has 7 heteroatoms. The highest BCUT2D eigenvalue weighted by Crippen LogP contribution is 2.45. The fourth-order valence-electron chi connectivity index (χ4n) is 3.69. The fourth-order valence-corrected chi connectivity index (χ4v) is 3.69. The van der Waals surface area contributed by atoms with Crippen molar-refractivity contribution in [2.75, 3.05) is 13.2 Å². The number of aromatic nitrogens is 1. The third-order valence-corrected chi connectivity index (χ3v) is 5.71. The first-order valence-corrected chi connectivity index (χ1v) is 10.3. The number of hydrogen-bond donors (Lipinski definition) is 3. The van der Waals surface area contributed by atoms with Crippen LogP contribution in [0.15, 0.2) is 54.6 Å². The van der Waals surface area contributed by atoms with Gasteiger partial charge in [-0.15, -0.1) is 0 Å². The highest BCUT2D eigenvalue weighted by molar-refractivity contribution is 5.95. The van der Waals surface area contributed by atoms with E-state index in [-0.39, 0.29) is 12.5 Å². The largest absolute Gasteiger partial charge is 0.493 e. The van der Waals surface area contributed by atoms with Crippen LogP contribution in [0.5, 0.6) is 5.75 Å². The van der Waals surface area contributed by atoms with E-state index in [1.165, 1.54) is 5.56 Å². The molecule has 7 nitrogen and oxygen atoms in total. The molecule has 160 valence electrons. The summed E-state index contributed by atoms with van der Waals surface area (Å²) in [5.74, 6) is -0.0269. The van der Waals surface area contributed by atoms with E-state index < -0.39 is 11.3 Å². The van der Waals surface area contributed by atoms with Gasteiger partial charge >= 0.3 is 0 Å². The molecule has 1 heterocycles. The molecule has 31 heavy (non-hydrogen) atoms. The van der Waals surface area contributed by atoms with Crippen molar-refractivity contribution in [1.29, 1.82) is 0 Å². The molecule has 2 amide bonds. The number of fused-ring (bicyclic) bond motifs is 1. The van der Waals surface area contributed by atoms with Crippen molar-refractivity contribution in [3.05, 3.63) is 71.4 Å². The van der Waals surface area contributed by atoms with Gasteiger partial charge in [-0.25, -0.2) is 5.48 Å². The van der Waals surface area contributed by atoms with Crippen molar-refractivity contribution in [2.24, 2.45) is 5.41 Å². The second-order valence-corrected chi connectivity index (χ2v) is 7.97. The van der Waals surface area contributed by atoms with Crippen molar-refractivity contribution in [3.8, 4) is 5.75 Å². The predicted molar refractivity (Wildman–Crippen MR) is 116 cm³/mol. The minimum Gasteiger partial charge on any atom is -0.493 e. The summed E-state index contributed by atoms with van der Waals surface area (Å²) in [5, 5.41) is 12.7. The first-order valence-electron chi connectivity index (χ1n) is 10.3. The molecule has 0 saturated heterocycles. The van der Waals surface area contributed by atoms with E-state index in [0.29, 0.717) is 30.8 Å². The topological polar surface area (TPSA) is 101 Å². The van der Waals surface area contributed by atoms with Gasteiger partial charge in [-0.05, 0) is 61.7 Å². The summed E-state index contributed by atoms with van der Waals surface area (Å²) in [4.78, 5) is 28.6. The summed E-state index contributed by atoms with van der Waals surface area (Å²) < 4.78 is 5.87. The molecule has 0 unspecified atom stereocenters. The number of carbonyl (C=O) groups excluding carboxylic acids is 2. The fraction of sp³-hybridized carbons (Fsp3) is 0.292. The highest BCUT2D eigenvalue weighted by atomic mass is 16.5. The minimum atomic E-state index is -0.678. The summed E-state index contributed by atoms with van der Waals surface area (Å²) in [6.07, 6.45) is 2.05. The quantitative estimate of drug-likeness (QED) is 0.385. The number of hydroxylamine groups is 1. The van der Waals surface area contributed by atoms with E-state index in [2.05, 4.69) is 22.4 Å². The van der Waals surface area contributed by atoms with E-state index in [9.17, 15) is 9.59 Å². The third kappa shape index (κ3) is 4.67. The Labute approximate surface area is 180 Å². The number of carbonyl (C=O) groups is 2. The Morgan fingerprint density at radius 3 is 2.58 bits per heavy atom. The van der Waals surface area contributed by atoms with Gasteiger partial charge in [0.05, 0.1) is 17.5 Å². The molecule has 3 aromatic rings. The summed E-state index contributed by atoms with van der Waals surface area (Å²) >= 11 is 0. The van der Waals surface area contributed by atoms with E-state index in [4.69, 9.17) is 9.94 Å². The summed E-state index contributed by atoms with van der Waals surface area (Å²) in [6.45, 7) is 2.70. The molecule has 0 radical (unpaired) electrons. The zero-order valence-electron chi connectivity index (χ0n) is 17.4. The van der Waals surface area contributed by atoms with Crippen LogP contribution in [0.3, 0.4) is 0 Å². The number of ether oxygens (including phenoxy) is 1.